The summed E-state index contributed by atoms with van der Waals surface area (Å²) in [4.78, 5) is 2.72. The van der Waals surface area contributed by atoms with Crippen molar-refractivity contribution in [1.29, 1.82) is 0 Å². The van der Waals surface area contributed by atoms with Gasteiger partial charge in [-0.15, -0.1) is 0 Å². The van der Waals surface area contributed by atoms with Gasteiger partial charge in [-0.3, -0.25) is 4.90 Å². The Labute approximate surface area is 102 Å². The predicted octanol–water partition coefficient (Wildman–Crippen LogP) is 3.03. The van der Waals surface area contributed by atoms with E-state index in [2.05, 4.69) is 44.8 Å². The van der Waals surface area contributed by atoms with E-state index in [9.17, 15) is 0 Å². The van der Waals surface area contributed by atoms with E-state index in [1.807, 2.05) is 0 Å². The summed E-state index contributed by atoms with van der Waals surface area (Å²) in [7, 11) is 0. The van der Waals surface area contributed by atoms with Crippen molar-refractivity contribution < 1.29 is 0 Å². The van der Waals surface area contributed by atoms with Crippen LogP contribution in [-0.2, 0) is 0 Å². The minimum atomic E-state index is 0.365. The average Bonchev–Trinajstić information content (AvgIpc) is 2.38. The molecule has 16 heavy (non-hydrogen) atoms. The van der Waals surface area contributed by atoms with Crippen LogP contribution in [0.2, 0.25) is 0 Å². The number of rotatable bonds is 5. The molecule has 0 aromatic rings. The summed E-state index contributed by atoms with van der Waals surface area (Å²) >= 11 is 0. The van der Waals surface area contributed by atoms with Crippen LogP contribution < -0.4 is 5.32 Å². The second kappa shape index (κ2) is 5.50. The number of nitrogens with one attached hydrogen (secondary N) is 1. The fraction of sp³-hybridized carbons (Fsp3) is 1.00. The first kappa shape index (κ1) is 14.0. The third-order valence-electron chi connectivity index (χ3n) is 5.01. The maximum atomic E-state index is 3.85. The largest absolute Gasteiger partial charge is 0.308 e. The molecule has 1 rings (SSSR count). The summed E-state index contributed by atoms with van der Waals surface area (Å²) < 4.78 is 0. The van der Waals surface area contributed by atoms with Crippen molar-refractivity contribution in [3.63, 3.8) is 0 Å². The van der Waals surface area contributed by atoms with Gasteiger partial charge in [-0.2, -0.15) is 0 Å². The van der Waals surface area contributed by atoms with Crippen molar-refractivity contribution in [3.05, 3.63) is 0 Å². The van der Waals surface area contributed by atoms with Gasteiger partial charge in [0.15, 0.2) is 0 Å². The second-order valence-corrected chi connectivity index (χ2v) is 5.29. The summed E-state index contributed by atoms with van der Waals surface area (Å²) in [6.07, 6.45) is 4.99. The quantitative estimate of drug-likeness (QED) is 0.775. The molecule has 1 aliphatic heterocycles. The molecule has 2 nitrogen and oxygen atoms in total. The van der Waals surface area contributed by atoms with Gasteiger partial charge in [0.05, 0.1) is 0 Å². The molecule has 0 spiro atoms. The first-order chi connectivity index (χ1) is 7.62. The molecule has 0 bridgehead atoms. The van der Waals surface area contributed by atoms with Crippen LogP contribution in [0.5, 0.6) is 0 Å². The fourth-order valence-electron chi connectivity index (χ4n) is 3.17. The predicted molar refractivity (Wildman–Crippen MR) is 71.9 cm³/mol. The van der Waals surface area contributed by atoms with Gasteiger partial charge in [0.2, 0.25) is 0 Å². The Balaban J connectivity index is 2.85. The highest BCUT2D eigenvalue weighted by Crippen LogP contribution is 2.32. The Morgan fingerprint density at radius 1 is 0.938 bits per heavy atom. The van der Waals surface area contributed by atoms with Crippen molar-refractivity contribution in [2.24, 2.45) is 0 Å². The lowest BCUT2D eigenvalue weighted by Gasteiger charge is -2.54. The summed E-state index contributed by atoms with van der Waals surface area (Å²) in [5.41, 5.74) is 0.770. The molecule has 96 valence electrons. The van der Waals surface area contributed by atoms with E-state index in [0.29, 0.717) is 11.1 Å². The van der Waals surface area contributed by atoms with Crippen molar-refractivity contribution in [1.82, 2.24) is 10.2 Å². The monoisotopic (exact) mass is 226 g/mol. The highest BCUT2D eigenvalue weighted by molar-refractivity contribution is 5.03. The second-order valence-electron chi connectivity index (χ2n) is 5.29. The molecular weight excluding hydrogens is 196 g/mol. The summed E-state index contributed by atoms with van der Waals surface area (Å²) in [5, 5.41) is 3.85. The van der Waals surface area contributed by atoms with Crippen molar-refractivity contribution in [3.8, 4) is 0 Å². The molecule has 2 heteroatoms. The third-order valence-corrected chi connectivity index (χ3v) is 5.01. The highest BCUT2D eigenvalue weighted by Gasteiger charge is 2.43. The molecule has 0 aromatic heterocycles. The third kappa shape index (κ3) is 2.28. The van der Waals surface area contributed by atoms with Crippen molar-refractivity contribution in [2.75, 3.05) is 19.6 Å². The van der Waals surface area contributed by atoms with Crippen molar-refractivity contribution in [2.45, 2.75) is 71.4 Å². The lowest BCUT2D eigenvalue weighted by atomic mass is 9.81. The fourth-order valence-corrected chi connectivity index (χ4v) is 3.17. The SMILES string of the molecule is CCN1CC(CC)(CC)NCC1(CC)CC. The lowest BCUT2D eigenvalue weighted by Crippen LogP contribution is -2.69. The topological polar surface area (TPSA) is 15.3 Å². The smallest absolute Gasteiger partial charge is 0.0329 e. The zero-order valence-corrected chi connectivity index (χ0v) is 11.9. The number of likely N-dealkylation sites (N-methyl/N-ethyl adjacent to an activating group) is 1. The van der Waals surface area contributed by atoms with Crippen LogP contribution in [0.15, 0.2) is 0 Å². The minimum Gasteiger partial charge on any atom is -0.308 e. The van der Waals surface area contributed by atoms with Crippen LogP contribution in [-0.4, -0.2) is 35.6 Å². The maximum Gasteiger partial charge on any atom is 0.0329 e. The zero-order valence-electron chi connectivity index (χ0n) is 11.9. The molecule has 0 unspecified atom stereocenters. The van der Waals surface area contributed by atoms with Crippen LogP contribution in [0.1, 0.15) is 60.3 Å². The zero-order chi connectivity index (χ0) is 12.2. The minimum absolute atomic E-state index is 0.365. The molecule has 0 radical (unpaired) electrons. The van der Waals surface area contributed by atoms with E-state index in [-0.39, 0.29) is 0 Å². The molecule has 1 fully saturated rings. The first-order valence-corrected chi connectivity index (χ1v) is 7.12. The lowest BCUT2D eigenvalue weighted by molar-refractivity contribution is -0.000767. The Morgan fingerprint density at radius 2 is 1.50 bits per heavy atom. The van der Waals surface area contributed by atoms with E-state index in [1.54, 1.807) is 0 Å². The van der Waals surface area contributed by atoms with Crippen LogP contribution in [0, 0.1) is 0 Å². The number of nitrogens with zero attached hydrogens (tertiary/aromatic N) is 1. The summed E-state index contributed by atoms with van der Waals surface area (Å²) in [6, 6.07) is 0. The van der Waals surface area contributed by atoms with Crippen LogP contribution in [0.25, 0.3) is 0 Å². The number of hydrogen-bond donors (Lipinski definition) is 1. The average molecular weight is 226 g/mol. The van der Waals surface area contributed by atoms with Gasteiger partial charge in [0.25, 0.3) is 0 Å². The maximum absolute atomic E-state index is 3.85. The molecular formula is C14H30N2. The molecule has 0 atom stereocenters. The van der Waals surface area contributed by atoms with E-state index in [1.165, 1.54) is 38.8 Å². The van der Waals surface area contributed by atoms with Gasteiger partial charge >= 0.3 is 0 Å². The highest BCUT2D eigenvalue weighted by atomic mass is 15.3. The van der Waals surface area contributed by atoms with E-state index < -0.39 is 0 Å². The van der Waals surface area contributed by atoms with Crippen LogP contribution in [0.3, 0.4) is 0 Å². The summed E-state index contributed by atoms with van der Waals surface area (Å²) in [5.74, 6) is 0. The molecule has 0 amide bonds. The molecule has 1 aliphatic rings. The van der Waals surface area contributed by atoms with Gasteiger partial charge in [0.1, 0.15) is 0 Å². The number of piperazine rings is 1. The molecule has 0 aliphatic carbocycles. The Hall–Kier alpha value is -0.0800. The van der Waals surface area contributed by atoms with Gasteiger partial charge in [0, 0.05) is 24.2 Å². The standard InChI is InChI=1S/C14H30N2/c1-6-13(7-2)12-16(10-5)14(8-3,9-4)11-15-13/h15H,6-12H2,1-5H3. The first-order valence-electron chi connectivity index (χ1n) is 7.12. The molecule has 1 saturated heterocycles. The molecule has 0 saturated carbocycles. The van der Waals surface area contributed by atoms with Crippen molar-refractivity contribution >= 4 is 0 Å². The molecule has 0 aromatic carbocycles. The molecule has 1 N–H and O–H groups in total. The normalized spacial score (nSPS) is 24.6. The van der Waals surface area contributed by atoms with E-state index in [0.717, 1.165) is 6.54 Å². The Bertz CT molecular complexity index is 205. The van der Waals surface area contributed by atoms with Crippen LogP contribution >= 0.6 is 0 Å². The summed E-state index contributed by atoms with van der Waals surface area (Å²) in [6.45, 7) is 15.2. The van der Waals surface area contributed by atoms with Gasteiger partial charge in [-0.25, -0.2) is 0 Å². The van der Waals surface area contributed by atoms with Gasteiger partial charge in [-0.05, 0) is 32.2 Å². The van der Waals surface area contributed by atoms with Crippen LogP contribution in [0.4, 0.5) is 0 Å². The number of hydrogen-bond acceptors (Lipinski definition) is 2. The molecule has 1 heterocycles. The Morgan fingerprint density at radius 3 is 1.88 bits per heavy atom. The Kier molecular flexibility index (Phi) is 4.81. The van der Waals surface area contributed by atoms with Gasteiger partial charge in [-0.1, -0.05) is 34.6 Å². The van der Waals surface area contributed by atoms with E-state index >= 15 is 0 Å². The van der Waals surface area contributed by atoms with E-state index in [4.69, 9.17) is 0 Å². The van der Waals surface area contributed by atoms with Gasteiger partial charge < -0.3 is 5.32 Å².